The van der Waals surface area contributed by atoms with Gasteiger partial charge in [-0.15, -0.1) is 0 Å². The average molecular weight is 167 g/mol. The molecule has 0 aromatic rings. The van der Waals surface area contributed by atoms with Crippen LogP contribution in [0.5, 0.6) is 0 Å². The SMILES string of the molecule is O=C(CF)NOCC(O)CO. The summed E-state index contributed by atoms with van der Waals surface area (Å²) >= 11 is 0. The van der Waals surface area contributed by atoms with Crippen molar-refractivity contribution in [2.75, 3.05) is 19.9 Å². The Morgan fingerprint density at radius 1 is 1.73 bits per heavy atom. The highest BCUT2D eigenvalue weighted by molar-refractivity contribution is 5.75. The summed E-state index contributed by atoms with van der Waals surface area (Å²) in [5, 5.41) is 16.9. The van der Waals surface area contributed by atoms with E-state index in [4.69, 9.17) is 10.2 Å². The molecule has 0 radical (unpaired) electrons. The van der Waals surface area contributed by atoms with Crippen LogP contribution in [0.3, 0.4) is 0 Å². The first kappa shape index (κ1) is 10.3. The Hall–Kier alpha value is -0.720. The van der Waals surface area contributed by atoms with E-state index >= 15 is 0 Å². The minimum Gasteiger partial charge on any atom is -0.394 e. The quantitative estimate of drug-likeness (QED) is 0.429. The topological polar surface area (TPSA) is 78.8 Å². The molecule has 0 spiro atoms. The number of rotatable bonds is 5. The van der Waals surface area contributed by atoms with Gasteiger partial charge in [0.2, 0.25) is 0 Å². The van der Waals surface area contributed by atoms with Crippen LogP contribution in [-0.4, -0.2) is 42.1 Å². The highest BCUT2D eigenvalue weighted by atomic mass is 19.1. The van der Waals surface area contributed by atoms with Gasteiger partial charge >= 0.3 is 0 Å². The highest BCUT2D eigenvalue weighted by Crippen LogP contribution is 1.80. The maximum atomic E-state index is 11.4. The number of hydroxylamine groups is 1. The van der Waals surface area contributed by atoms with Crippen molar-refractivity contribution in [3.05, 3.63) is 0 Å². The summed E-state index contributed by atoms with van der Waals surface area (Å²) in [6.07, 6.45) is -1.06. The smallest absolute Gasteiger partial charge is 0.274 e. The van der Waals surface area contributed by atoms with E-state index in [0.717, 1.165) is 0 Å². The number of amides is 1. The molecule has 0 bridgehead atoms. The molecular weight excluding hydrogens is 157 g/mol. The molecule has 11 heavy (non-hydrogen) atoms. The molecule has 0 aliphatic carbocycles. The number of carbonyl (C=O) groups excluding carboxylic acids is 1. The molecule has 0 saturated carbocycles. The van der Waals surface area contributed by atoms with Gasteiger partial charge < -0.3 is 10.2 Å². The van der Waals surface area contributed by atoms with Crippen LogP contribution < -0.4 is 5.48 Å². The third-order valence-corrected chi connectivity index (χ3v) is 0.794. The molecule has 6 heteroatoms. The number of alkyl halides is 1. The van der Waals surface area contributed by atoms with E-state index in [1.165, 1.54) is 0 Å². The normalized spacial score (nSPS) is 12.6. The van der Waals surface area contributed by atoms with Crippen molar-refractivity contribution in [3.8, 4) is 0 Å². The van der Waals surface area contributed by atoms with Gasteiger partial charge in [-0.25, -0.2) is 9.87 Å². The van der Waals surface area contributed by atoms with Crippen LogP contribution in [0.15, 0.2) is 0 Å². The largest absolute Gasteiger partial charge is 0.394 e. The van der Waals surface area contributed by atoms with Gasteiger partial charge in [0, 0.05) is 0 Å². The standard InChI is InChI=1S/C5H10FNO4/c6-1-5(10)7-11-3-4(9)2-8/h4,8-9H,1-3H2,(H,7,10). The number of hydrogen-bond donors (Lipinski definition) is 3. The summed E-state index contributed by atoms with van der Waals surface area (Å²) in [6, 6.07) is 0. The zero-order valence-corrected chi connectivity index (χ0v) is 5.79. The number of nitrogens with one attached hydrogen (secondary N) is 1. The van der Waals surface area contributed by atoms with E-state index in [-0.39, 0.29) is 6.61 Å². The zero-order valence-electron chi connectivity index (χ0n) is 5.79. The molecule has 0 aliphatic rings. The van der Waals surface area contributed by atoms with Crippen LogP contribution in [0.2, 0.25) is 0 Å². The average Bonchev–Trinajstić information content (AvgIpc) is 2.04. The fourth-order valence-corrected chi connectivity index (χ4v) is 0.298. The maximum absolute atomic E-state index is 11.4. The number of aliphatic hydroxyl groups is 2. The van der Waals surface area contributed by atoms with Crippen molar-refractivity contribution in [3.63, 3.8) is 0 Å². The molecule has 0 saturated heterocycles. The molecule has 1 atom stereocenters. The number of carbonyl (C=O) groups is 1. The van der Waals surface area contributed by atoms with Crippen molar-refractivity contribution in [2.24, 2.45) is 0 Å². The lowest BCUT2D eigenvalue weighted by molar-refractivity contribution is -0.137. The second-order valence-electron chi connectivity index (χ2n) is 1.81. The number of halogens is 1. The maximum Gasteiger partial charge on any atom is 0.274 e. The van der Waals surface area contributed by atoms with Gasteiger partial charge in [-0.2, -0.15) is 0 Å². The Kier molecular flexibility index (Phi) is 5.63. The minimum absolute atomic E-state index is 0.262. The first-order valence-electron chi connectivity index (χ1n) is 2.96. The van der Waals surface area contributed by atoms with Crippen LogP contribution in [-0.2, 0) is 9.63 Å². The van der Waals surface area contributed by atoms with Gasteiger partial charge in [0.15, 0.2) is 6.67 Å². The predicted molar refractivity (Wildman–Crippen MR) is 33.2 cm³/mol. The molecule has 0 rings (SSSR count). The molecule has 1 amide bonds. The molecule has 0 fully saturated rings. The second kappa shape index (κ2) is 6.02. The molecule has 0 heterocycles. The van der Waals surface area contributed by atoms with Gasteiger partial charge in [0.1, 0.15) is 12.7 Å². The van der Waals surface area contributed by atoms with Crippen LogP contribution in [0.25, 0.3) is 0 Å². The fraction of sp³-hybridized carbons (Fsp3) is 0.800. The lowest BCUT2D eigenvalue weighted by Gasteiger charge is -2.06. The zero-order chi connectivity index (χ0) is 8.69. The monoisotopic (exact) mass is 167 g/mol. The predicted octanol–water partition coefficient (Wildman–Crippen LogP) is -1.64. The summed E-state index contributed by atoms with van der Waals surface area (Å²) < 4.78 is 11.4. The van der Waals surface area contributed by atoms with Gasteiger partial charge in [0.05, 0.1) is 6.61 Å². The minimum atomic E-state index is -1.17. The van der Waals surface area contributed by atoms with Crippen molar-refractivity contribution >= 4 is 5.91 Å². The van der Waals surface area contributed by atoms with E-state index in [1.807, 2.05) is 0 Å². The van der Waals surface area contributed by atoms with Crippen LogP contribution in [0.4, 0.5) is 4.39 Å². The van der Waals surface area contributed by atoms with Crippen molar-refractivity contribution in [1.29, 1.82) is 0 Å². The molecule has 0 aromatic heterocycles. The Bertz CT molecular complexity index is 121. The van der Waals surface area contributed by atoms with Crippen LogP contribution in [0, 0.1) is 0 Å². The summed E-state index contributed by atoms with van der Waals surface area (Å²) in [6.45, 7) is -1.90. The highest BCUT2D eigenvalue weighted by Gasteiger charge is 2.03. The van der Waals surface area contributed by atoms with E-state index < -0.39 is 25.3 Å². The van der Waals surface area contributed by atoms with Crippen molar-refractivity contribution in [1.82, 2.24) is 5.48 Å². The third kappa shape index (κ3) is 5.71. The molecule has 0 aliphatic heterocycles. The van der Waals surface area contributed by atoms with E-state index in [0.29, 0.717) is 0 Å². The van der Waals surface area contributed by atoms with Gasteiger partial charge in [-0.1, -0.05) is 0 Å². The number of hydrogen-bond acceptors (Lipinski definition) is 4. The lowest BCUT2D eigenvalue weighted by atomic mass is 10.4. The van der Waals surface area contributed by atoms with E-state index in [9.17, 15) is 9.18 Å². The molecule has 0 aromatic carbocycles. The van der Waals surface area contributed by atoms with E-state index in [2.05, 4.69) is 4.84 Å². The Morgan fingerprint density at radius 2 is 2.36 bits per heavy atom. The lowest BCUT2D eigenvalue weighted by Crippen LogP contribution is -2.30. The van der Waals surface area contributed by atoms with Crippen molar-refractivity contribution < 1.29 is 24.2 Å². The first-order chi connectivity index (χ1) is 5.20. The first-order valence-corrected chi connectivity index (χ1v) is 2.96. The number of aliphatic hydroxyl groups excluding tert-OH is 2. The Morgan fingerprint density at radius 3 is 2.82 bits per heavy atom. The Labute approximate surface area is 62.7 Å². The molecule has 5 nitrogen and oxygen atoms in total. The molecule has 66 valence electrons. The second-order valence-corrected chi connectivity index (χ2v) is 1.81. The molecule has 3 N–H and O–H groups in total. The summed E-state index contributed by atoms with van der Waals surface area (Å²) in [5.74, 6) is -0.921. The van der Waals surface area contributed by atoms with Crippen LogP contribution in [0.1, 0.15) is 0 Å². The third-order valence-electron chi connectivity index (χ3n) is 0.794. The summed E-state index contributed by atoms with van der Waals surface area (Å²) in [4.78, 5) is 14.4. The van der Waals surface area contributed by atoms with Crippen LogP contribution >= 0.6 is 0 Å². The summed E-state index contributed by atoms with van der Waals surface area (Å²) in [5.41, 5.74) is 1.71. The van der Waals surface area contributed by atoms with E-state index in [1.54, 1.807) is 5.48 Å². The van der Waals surface area contributed by atoms with Gasteiger partial charge in [-0.3, -0.25) is 9.63 Å². The van der Waals surface area contributed by atoms with Gasteiger partial charge in [0.25, 0.3) is 5.91 Å². The van der Waals surface area contributed by atoms with Gasteiger partial charge in [-0.05, 0) is 0 Å². The van der Waals surface area contributed by atoms with Crippen molar-refractivity contribution in [2.45, 2.75) is 6.10 Å². The molecule has 1 unspecified atom stereocenters. The molecular formula is C5H10FNO4. The Balaban J connectivity index is 3.20. The summed E-state index contributed by atoms with van der Waals surface area (Å²) in [7, 11) is 0. The fourth-order valence-electron chi connectivity index (χ4n) is 0.298.